The smallest absolute Gasteiger partial charge is 0.231 e. The van der Waals surface area contributed by atoms with E-state index >= 15 is 0 Å². The van der Waals surface area contributed by atoms with Crippen molar-refractivity contribution in [2.75, 3.05) is 14.2 Å². The second-order valence-electron chi connectivity index (χ2n) is 4.66. The number of hydrogen-bond acceptors (Lipinski definition) is 3. The molecular formula is C17H21NO2. The first-order valence-corrected chi connectivity index (χ1v) is 6.71. The molecule has 2 rings (SSSR count). The van der Waals surface area contributed by atoms with Crippen LogP contribution in [0.2, 0.25) is 0 Å². The molecule has 0 heterocycles. The third-order valence-corrected chi connectivity index (χ3v) is 3.34. The lowest BCUT2D eigenvalue weighted by Crippen LogP contribution is -2.50. The van der Waals surface area contributed by atoms with Gasteiger partial charge in [-0.1, -0.05) is 60.7 Å². The van der Waals surface area contributed by atoms with Crippen molar-refractivity contribution in [2.45, 2.75) is 18.9 Å². The summed E-state index contributed by atoms with van der Waals surface area (Å²) in [6.07, 6.45) is 0.647. The zero-order chi connectivity index (χ0) is 14.3. The summed E-state index contributed by atoms with van der Waals surface area (Å²) in [6.45, 7) is 0.690. The Labute approximate surface area is 120 Å². The summed E-state index contributed by atoms with van der Waals surface area (Å²) in [7, 11) is 3.31. The fourth-order valence-electron chi connectivity index (χ4n) is 2.13. The van der Waals surface area contributed by atoms with Crippen LogP contribution in [-0.4, -0.2) is 20.1 Å². The van der Waals surface area contributed by atoms with Crippen molar-refractivity contribution in [3.05, 3.63) is 71.8 Å². The van der Waals surface area contributed by atoms with Gasteiger partial charge >= 0.3 is 0 Å². The highest BCUT2D eigenvalue weighted by atomic mass is 16.7. The van der Waals surface area contributed by atoms with Crippen LogP contribution in [0.3, 0.4) is 0 Å². The minimum atomic E-state index is -0.808. The van der Waals surface area contributed by atoms with E-state index in [-0.39, 0.29) is 0 Å². The predicted molar refractivity (Wildman–Crippen MR) is 80.2 cm³/mol. The van der Waals surface area contributed by atoms with Crippen molar-refractivity contribution in [3.63, 3.8) is 0 Å². The second-order valence-corrected chi connectivity index (χ2v) is 4.66. The summed E-state index contributed by atoms with van der Waals surface area (Å²) < 4.78 is 11.2. The van der Waals surface area contributed by atoms with Gasteiger partial charge in [0.05, 0.1) is 0 Å². The third-order valence-electron chi connectivity index (χ3n) is 3.34. The van der Waals surface area contributed by atoms with Gasteiger partial charge in [0.15, 0.2) is 0 Å². The Bertz CT molecular complexity index is 495. The minimum absolute atomic E-state index is 0.647. The molecular weight excluding hydrogens is 250 g/mol. The molecule has 2 aromatic carbocycles. The fourth-order valence-corrected chi connectivity index (χ4v) is 2.13. The molecule has 0 saturated carbocycles. The Kier molecular flexibility index (Phi) is 5.30. The Hall–Kier alpha value is -1.68. The van der Waals surface area contributed by atoms with Crippen LogP contribution in [0.1, 0.15) is 11.1 Å². The van der Waals surface area contributed by atoms with E-state index in [1.807, 2.05) is 36.4 Å². The molecule has 1 N–H and O–H groups in total. The summed E-state index contributed by atoms with van der Waals surface area (Å²) in [5, 5.41) is 3.35. The number of rotatable bonds is 7. The SMILES string of the molecule is COC(Cc1ccccc1)(NCc1ccccc1)OC. The van der Waals surface area contributed by atoms with Gasteiger partial charge in [-0.25, -0.2) is 0 Å². The lowest BCUT2D eigenvalue weighted by molar-refractivity contribution is -0.228. The van der Waals surface area contributed by atoms with Gasteiger partial charge < -0.3 is 9.47 Å². The summed E-state index contributed by atoms with van der Waals surface area (Å²) in [5.74, 6) is -0.808. The Morgan fingerprint density at radius 2 is 1.30 bits per heavy atom. The van der Waals surface area contributed by atoms with Gasteiger partial charge in [-0.2, -0.15) is 0 Å². The van der Waals surface area contributed by atoms with Crippen LogP contribution in [-0.2, 0) is 22.4 Å². The van der Waals surface area contributed by atoms with E-state index in [1.165, 1.54) is 5.56 Å². The molecule has 106 valence electrons. The molecule has 0 spiro atoms. The molecule has 0 bridgehead atoms. The number of nitrogens with one attached hydrogen (secondary N) is 1. The average molecular weight is 271 g/mol. The van der Waals surface area contributed by atoms with E-state index in [9.17, 15) is 0 Å². The molecule has 20 heavy (non-hydrogen) atoms. The highest BCUT2D eigenvalue weighted by Crippen LogP contribution is 2.16. The molecule has 0 saturated heterocycles. The molecule has 0 aromatic heterocycles. The van der Waals surface area contributed by atoms with Crippen molar-refractivity contribution < 1.29 is 9.47 Å². The van der Waals surface area contributed by atoms with Crippen LogP contribution in [0.25, 0.3) is 0 Å². The van der Waals surface area contributed by atoms with Gasteiger partial charge in [-0.15, -0.1) is 0 Å². The van der Waals surface area contributed by atoms with Gasteiger partial charge in [-0.3, -0.25) is 5.32 Å². The van der Waals surface area contributed by atoms with Gasteiger partial charge in [0.25, 0.3) is 0 Å². The Morgan fingerprint density at radius 3 is 1.80 bits per heavy atom. The lowest BCUT2D eigenvalue weighted by Gasteiger charge is -2.32. The summed E-state index contributed by atoms with van der Waals surface area (Å²) in [5.41, 5.74) is 2.36. The molecule has 0 aliphatic heterocycles. The zero-order valence-electron chi connectivity index (χ0n) is 12.0. The van der Waals surface area contributed by atoms with E-state index in [0.29, 0.717) is 13.0 Å². The Morgan fingerprint density at radius 1 is 0.800 bits per heavy atom. The monoisotopic (exact) mass is 271 g/mol. The van der Waals surface area contributed by atoms with Crippen molar-refractivity contribution in [2.24, 2.45) is 0 Å². The zero-order valence-corrected chi connectivity index (χ0v) is 12.0. The summed E-state index contributed by atoms with van der Waals surface area (Å²) in [6, 6.07) is 20.4. The van der Waals surface area contributed by atoms with Gasteiger partial charge in [0.1, 0.15) is 0 Å². The lowest BCUT2D eigenvalue weighted by atomic mass is 10.1. The van der Waals surface area contributed by atoms with Crippen LogP contribution >= 0.6 is 0 Å². The first kappa shape index (κ1) is 14.7. The molecule has 0 aliphatic rings. The highest BCUT2D eigenvalue weighted by Gasteiger charge is 2.29. The quantitative estimate of drug-likeness (QED) is 0.785. The van der Waals surface area contributed by atoms with Gasteiger partial charge in [0.2, 0.25) is 5.91 Å². The van der Waals surface area contributed by atoms with E-state index < -0.39 is 5.91 Å². The van der Waals surface area contributed by atoms with Crippen molar-refractivity contribution >= 4 is 0 Å². The van der Waals surface area contributed by atoms with Gasteiger partial charge in [0, 0.05) is 27.2 Å². The van der Waals surface area contributed by atoms with Crippen LogP contribution < -0.4 is 5.32 Å². The van der Waals surface area contributed by atoms with E-state index in [4.69, 9.17) is 9.47 Å². The molecule has 0 fully saturated rings. The molecule has 0 aliphatic carbocycles. The van der Waals surface area contributed by atoms with Gasteiger partial charge in [-0.05, 0) is 11.1 Å². The molecule has 2 aromatic rings. The van der Waals surface area contributed by atoms with Crippen LogP contribution in [0.5, 0.6) is 0 Å². The average Bonchev–Trinajstić information content (AvgIpc) is 2.53. The molecule has 0 atom stereocenters. The fraction of sp³-hybridized carbons (Fsp3) is 0.294. The highest BCUT2D eigenvalue weighted by molar-refractivity contribution is 5.17. The van der Waals surface area contributed by atoms with Crippen LogP contribution in [0.15, 0.2) is 60.7 Å². The first-order chi connectivity index (χ1) is 9.78. The molecule has 3 nitrogen and oxygen atoms in total. The standard InChI is InChI=1S/C17H21NO2/c1-19-17(20-2,13-15-9-5-3-6-10-15)18-14-16-11-7-4-8-12-16/h3-12,18H,13-14H2,1-2H3. The molecule has 3 heteroatoms. The number of benzene rings is 2. The summed E-state index contributed by atoms with van der Waals surface area (Å²) >= 11 is 0. The summed E-state index contributed by atoms with van der Waals surface area (Å²) in [4.78, 5) is 0. The second kappa shape index (κ2) is 7.20. The van der Waals surface area contributed by atoms with Crippen LogP contribution in [0.4, 0.5) is 0 Å². The van der Waals surface area contributed by atoms with E-state index in [2.05, 4.69) is 29.6 Å². The number of hydrogen-bond donors (Lipinski definition) is 1. The molecule has 0 amide bonds. The molecule has 0 unspecified atom stereocenters. The van der Waals surface area contributed by atoms with Crippen molar-refractivity contribution in [1.82, 2.24) is 5.32 Å². The number of ether oxygens (including phenoxy) is 2. The van der Waals surface area contributed by atoms with Crippen molar-refractivity contribution in [3.8, 4) is 0 Å². The van der Waals surface area contributed by atoms with E-state index in [0.717, 1.165) is 5.56 Å². The molecule has 0 radical (unpaired) electrons. The normalized spacial score (nSPS) is 11.5. The first-order valence-electron chi connectivity index (χ1n) is 6.71. The minimum Gasteiger partial charge on any atom is -0.340 e. The van der Waals surface area contributed by atoms with Crippen molar-refractivity contribution in [1.29, 1.82) is 0 Å². The topological polar surface area (TPSA) is 30.5 Å². The maximum Gasteiger partial charge on any atom is 0.231 e. The number of methoxy groups -OCH3 is 2. The van der Waals surface area contributed by atoms with E-state index in [1.54, 1.807) is 14.2 Å². The van der Waals surface area contributed by atoms with Crippen LogP contribution in [0, 0.1) is 0 Å². The predicted octanol–water partition coefficient (Wildman–Crippen LogP) is 2.97. The maximum atomic E-state index is 5.58. The maximum absolute atomic E-state index is 5.58. The largest absolute Gasteiger partial charge is 0.340 e. The Balaban J connectivity index is 2.05. The third kappa shape index (κ3) is 3.90.